The van der Waals surface area contributed by atoms with Gasteiger partial charge in [0.2, 0.25) is 0 Å². The summed E-state index contributed by atoms with van der Waals surface area (Å²) >= 11 is 0. The van der Waals surface area contributed by atoms with Gasteiger partial charge in [0, 0.05) is 30.1 Å². The van der Waals surface area contributed by atoms with Crippen LogP contribution in [0, 0.1) is 0 Å². The molecule has 1 aromatic heterocycles. The quantitative estimate of drug-likeness (QED) is 0.544. The Kier molecular flexibility index (Phi) is 5.30. The van der Waals surface area contributed by atoms with E-state index in [-0.39, 0.29) is 24.3 Å². The summed E-state index contributed by atoms with van der Waals surface area (Å²) in [6, 6.07) is 7.07. The molecular weight excluding hydrogens is 280 g/mol. The molecule has 6 N–H and O–H groups in total. The third-order valence-electron chi connectivity index (χ3n) is 3.90. The molecular formula is C16H23N4O2+. The number of H-pyrrole nitrogens is 1. The Morgan fingerprint density at radius 1 is 1.36 bits per heavy atom. The van der Waals surface area contributed by atoms with E-state index in [1.54, 1.807) is 0 Å². The van der Waals surface area contributed by atoms with Crippen LogP contribution >= 0.6 is 0 Å². The van der Waals surface area contributed by atoms with Crippen molar-refractivity contribution < 1.29 is 14.9 Å². The number of hydrogen-bond acceptors (Lipinski definition) is 3. The number of quaternary nitrogens is 1. The van der Waals surface area contributed by atoms with Gasteiger partial charge in [0.1, 0.15) is 0 Å². The molecule has 2 atom stereocenters. The third kappa shape index (κ3) is 3.52. The largest absolute Gasteiger partial charge is 0.361 e. The molecule has 0 aliphatic rings. The molecule has 118 valence electrons. The van der Waals surface area contributed by atoms with Crippen LogP contribution in [0.15, 0.2) is 30.5 Å². The van der Waals surface area contributed by atoms with Gasteiger partial charge in [0.25, 0.3) is 5.91 Å². The summed E-state index contributed by atoms with van der Waals surface area (Å²) in [5.41, 5.74) is 7.66. The summed E-state index contributed by atoms with van der Waals surface area (Å²) in [6.07, 6.45) is 2.52. The van der Waals surface area contributed by atoms with Gasteiger partial charge in [-0.25, -0.2) is 0 Å². The zero-order chi connectivity index (χ0) is 16.1. The molecule has 0 saturated carbocycles. The third-order valence-corrected chi connectivity index (χ3v) is 3.90. The lowest BCUT2D eigenvalue weighted by atomic mass is 10.0. The Morgan fingerprint density at radius 3 is 2.73 bits per heavy atom. The number of Topliss-reactive ketones (excluding diaryl/α,β-unsaturated/α-hetero) is 1. The number of nitrogens with one attached hydrogen (secondary N) is 2. The van der Waals surface area contributed by atoms with Gasteiger partial charge in [0.05, 0.1) is 13.1 Å². The molecule has 0 radical (unpaired) electrons. The van der Waals surface area contributed by atoms with E-state index in [9.17, 15) is 9.59 Å². The minimum Gasteiger partial charge on any atom is -0.361 e. The van der Waals surface area contributed by atoms with Crippen LogP contribution in [0.2, 0.25) is 0 Å². The average Bonchev–Trinajstić information content (AvgIpc) is 2.92. The number of likely N-dealkylation sites (N-methyl/N-ethyl adjacent to an activating group) is 1. The van der Waals surface area contributed by atoms with Gasteiger partial charge in [-0.3, -0.25) is 9.59 Å². The topological polar surface area (TPSA) is 105 Å². The van der Waals surface area contributed by atoms with Gasteiger partial charge in [-0.05, 0) is 18.6 Å². The molecule has 0 bridgehead atoms. The van der Waals surface area contributed by atoms with Crippen molar-refractivity contribution >= 4 is 22.6 Å². The average molecular weight is 303 g/mol. The maximum absolute atomic E-state index is 12.4. The molecule has 0 saturated heterocycles. The monoisotopic (exact) mass is 303 g/mol. The molecule has 1 amide bonds. The number of carbonyl (C=O) groups excluding carboxylic acids is 2. The smallest absolute Gasteiger partial charge is 0.279 e. The molecule has 6 nitrogen and oxygen atoms in total. The molecule has 2 aromatic rings. The van der Waals surface area contributed by atoms with Gasteiger partial charge in [0.15, 0.2) is 11.8 Å². The van der Waals surface area contributed by atoms with Gasteiger partial charge in [-0.1, -0.05) is 18.2 Å². The zero-order valence-corrected chi connectivity index (χ0v) is 12.9. The summed E-state index contributed by atoms with van der Waals surface area (Å²) in [6.45, 7) is 1.55. The summed E-state index contributed by atoms with van der Waals surface area (Å²) in [5.74, 6) is -0.295. The highest BCUT2D eigenvalue weighted by molar-refractivity contribution is 5.90. The molecule has 6 heteroatoms. The second-order valence-corrected chi connectivity index (χ2v) is 5.41. The molecule has 22 heavy (non-hydrogen) atoms. The second-order valence-electron chi connectivity index (χ2n) is 5.41. The predicted octanol–water partition coefficient (Wildman–Crippen LogP) is -0.695. The van der Waals surface area contributed by atoms with E-state index in [1.807, 2.05) is 42.8 Å². The van der Waals surface area contributed by atoms with Crippen LogP contribution in [0.3, 0.4) is 0 Å². The number of fused-ring (bicyclic) bond motifs is 1. The minimum absolute atomic E-state index is 0.116. The van der Waals surface area contributed by atoms with Crippen LogP contribution in [-0.2, 0) is 16.0 Å². The van der Waals surface area contributed by atoms with Gasteiger partial charge in [-0.2, -0.15) is 0 Å². The molecule has 1 aromatic carbocycles. The summed E-state index contributed by atoms with van der Waals surface area (Å²) in [4.78, 5) is 27.0. The SMILES string of the molecule is C[NH2+]C(Cc1c[nH]c2ccccc12)C(=O)NC(CN)C(C)=O. The van der Waals surface area contributed by atoms with Crippen molar-refractivity contribution in [2.24, 2.45) is 5.73 Å². The molecule has 0 fully saturated rings. The molecule has 0 aliphatic carbocycles. The van der Waals surface area contributed by atoms with E-state index < -0.39 is 6.04 Å². The second kappa shape index (κ2) is 7.20. The molecule has 0 spiro atoms. The lowest BCUT2D eigenvalue weighted by molar-refractivity contribution is -0.649. The fraction of sp³-hybridized carbons (Fsp3) is 0.375. The Hall–Kier alpha value is -2.18. The Bertz CT molecular complexity index is 665. The van der Waals surface area contributed by atoms with E-state index in [0.717, 1.165) is 16.5 Å². The highest BCUT2D eigenvalue weighted by Gasteiger charge is 2.25. The maximum atomic E-state index is 12.4. The molecule has 2 rings (SSSR count). The highest BCUT2D eigenvalue weighted by Crippen LogP contribution is 2.18. The first-order chi connectivity index (χ1) is 10.6. The number of ketones is 1. The number of rotatable bonds is 7. The van der Waals surface area contributed by atoms with Crippen LogP contribution in [-0.4, -0.2) is 42.4 Å². The fourth-order valence-corrected chi connectivity index (χ4v) is 2.50. The normalized spacial score (nSPS) is 13.8. The predicted molar refractivity (Wildman–Crippen MR) is 85.3 cm³/mol. The fourth-order valence-electron chi connectivity index (χ4n) is 2.50. The van der Waals surface area contributed by atoms with Crippen LogP contribution in [0.5, 0.6) is 0 Å². The first-order valence-corrected chi connectivity index (χ1v) is 7.42. The van der Waals surface area contributed by atoms with Crippen molar-refractivity contribution in [1.29, 1.82) is 0 Å². The number of aromatic amines is 1. The van der Waals surface area contributed by atoms with Crippen molar-refractivity contribution in [3.05, 3.63) is 36.0 Å². The van der Waals surface area contributed by atoms with Crippen molar-refractivity contribution in [2.75, 3.05) is 13.6 Å². The van der Waals surface area contributed by atoms with E-state index in [2.05, 4.69) is 10.3 Å². The van der Waals surface area contributed by atoms with Crippen LogP contribution < -0.4 is 16.4 Å². The minimum atomic E-state index is -0.613. The number of hydrogen-bond donors (Lipinski definition) is 4. The van der Waals surface area contributed by atoms with Crippen LogP contribution in [0.4, 0.5) is 0 Å². The number of benzene rings is 1. The number of aromatic nitrogens is 1. The molecule has 2 unspecified atom stereocenters. The van der Waals surface area contributed by atoms with Crippen molar-refractivity contribution in [1.82, 2.24) is 10.3 Å². The van der Waals surface area contributed by atoms with Gasteiger partial charge < -0.3 is 21.4 Å². The Balaban J connectivity index is 2.11. The van der Waals surface area contributed by atoms with Crippen molar-refractivity contribution in [2.45, 2.75) is 25.4 Å². The summed E-state index contributed by atoms with van der Waals surface area (Å²) in [5, 5.41) is 5.69. The van der Waals surface area contributed by atoms with Crippen molar-refractivity contribution in [3.63, 3.8) is 0 Å². The molecule has 1 heterocycles. The highest BCUT2D eigenvalue weighted by atomic mass is 16.2. The number of nitrogens with two attached hydrogens (primary N) is 2. The van der Waals surface area contributed by atoms with Gasteiger partial charge in [-0.15, -0.1) is 0 Å². The lowest BCUT2D eigenvalue weighted by Gasteiger charge is -2.17. The number of amides is 1. The molecule has 0 aliphatic heterocycles. The first-order valence-electron chi connectivity index (χ1n) is 7.42. The zero-order valence-electron chi connectivity index (χ0n) is 12.9. The van der Waals surface area contributed by atoms with E-state index >= 15 is 0 Å². The standard InChI is InChI=1S/C16H22N4O2/c1-10(21)15(8-17)20-16(22)14(18-2)7-11-9-19-13-6-4-3-5-12(11)13/h3-6,9,14-15,18-19H,7-8,17H2,1-2H3,(H,20,22)/p+1. The number of para-hydroxylation sites is 1. The van der Waals surface area contributed by atoms with Gasteiger partial charge >= 0.3 is 0 Å². The Labute approximate surface area is 129 Å². The van der Waals surface area contributed by atoms with E-state index in [4.69, 9.17) is 5.73 Å². The van der Waals surface area contributed by atoms with E-state index in [1.165, 1.54) is 6.92 Å². The van der Waals surface area contributed by atoms with Crippen LogP contribution in [0.25, 0.3) is 10.9 Å². The first kappa shape index (κ1) is 16.2. The van der Waals surface area contributed by atoms with Crippen LogP contribution in [0.1, 0.15) is 12.5 Å². The van der Waals surface area contributed by atoms with Crippen molar-refractivity contribution in [3.8, 4) is 0 Å². The number of carbonyl (C=O) groups is 2. The lowest BCUT2D eigenvalue weighted by Crippen LogP contribution is -2.90. The summed E-state index contributed by atoms with van der Waals surface area (Å²) < 4.78 is 0. The maximum Gasteiger partial charge on any atom is 0.279 e. The summed E-state index contributed by atoms with van der Waals surface area (Å²) in [7, 11) is 1.85. The van der Waals surface area contributed by atoms with E-state index in [0.29, 0.717) is 6.42 Å². The Morgan fingerprint density at radius 2 is 2.09 bits per heavy atom.